The lowest BCUT2D eigenvalue weighted by molar-refractivity contribution is -0.00466. The molecule has 0 spiro atoms. The molecule has 0 radical (unpaired) electrons. The van der Waals surface area contributed by atoms with E-state index in [1.54, 1.807) is 0 Å². The van der Waals surface area contributed by atoms with Gasteiger partial charge in [-0.1, -0.05) is 13.8 Å². The Bertz CT molecular complexity index is 446. The molecule has 1 unspecified atom stereocenters. The SMILES string of the molecule is CNCc1sc(N2CCCC(C)(OC)C2)nc1C(C)C. The second-order valence-electron chi connectivity index (χ2n) is 6.17. The molecule has 1 aliphatic heterocycles. The molecule has 2 rings (SSSR count). The molecule has 4 nitrogen and oxygen atoms in total. The lowest BCUT2D eigenvalue weighted by atomic mass is 9.95. The Morgan fingerprint density at radius 3 is 2.85 bits per heavy atom. The van der Waals surface area contributed by atoms with E-state index in [1.807, 2.05) is 25.5 Å². The molecule has 1 fully saturated rings. The van der Waals surface area contributed by atoms with Crippen LogP contribution < -0.4 is 10.2 Å². The lowest BCUT2D eigenvalue weighted by Gasteiger charge is -2.39. The summed E-state index contributed by atoms with van der Waals surface area (Å²) in [7, 11) is 3.81. The van der Waals surface area contributed by atoms with Gasteiger partial charge in [0.15, 0.2) is 5.13 Å². The highest BCUT2D eigenvalue weighted by Crippen LogP contribution is 2.34. The summed E-state index contributed by atoms with van der Waals surface area (Å²) in [4.78, 5) is 8.66. The molecule has 0 bridgehead atoms. The number of hydrogen-bond acceptors (Lipinski definition) is 5. The second kappa shape index (κ2) is 6.41. The Labute approximate surface area is 126 Å². The van der Waals surface area contributed by atoms with Crippen LogP contribution in [0.15, 0.2) is 0 Å². The van der Waals surface area contributed by atoms with Gasteiger partial charge in [0.25, 0.3) is 0 Å². The van der Waals surface area contributed by atoms with Crippen molar-refractivity contribution in [1.82, 2.24) is 10.3 Å². The first-order valence-electron chi connectivity index (χ1n) is 7.43. The normalized spacial score (nSPS) is 23.6. The zero-order valence-electron chi connectivity index (χ0n) is 13.3. The van der Waals surface area contributed by atoms with Crippen molar-refractivity contribution in [2.75, 3.05) is 32.1 Å². The Morgan fingerprint density at radius 2 is 2.25 bits per heavy atom. The van der Waals surface area contributed by atoms with E-state index >= 15 is 0 Å². The predicted octanol–water partition coefficient (Wildman–Crippen LogP) is 2.99. The number of rotatable bonds is 5. The van der Waals surface area contributed by atoms with Crippen LogP contribution >= 0.6 is 11.3 Å². The van der Waals surface area contributed by atoms with E-state index in [0.29, 0.717) is 5.92 Å². The summed E-state index contributed by atoms with van der Waals surface area (Å²) in [5.74, 6) is 0.474. The van der Waals surface area contributed by atoms with Crippen LogP contribution in [0.5, 0.6) is 0 Å². The minimum atomic E-state index is -0.0366. The van der Waals surface area contributed by atoms with E-state index < -0.39 is 0 Å². The summed E-state index contributed by atoms with van der Waals surface area (Å²) in [6, 6.07) is 0. The molecule has 2 heterocycles. The Kier molecular flexibility index (Phi) is 5.04. The first-order valence-corrected chi connectivity index (χ1v) is 8.25. The molecule has 5 heteroatoms. The molecule has 1 saturated heterocycles. The van der Waals surface area contributed by atoms with Crippen molar-refractivity contribution >= 4 is 16.5 Å². The van der Waals surface area contributed by atoms with Gasteiger partial charge < -0.3 is 15.0 Å². The van der Waals surface area contributed by atoms with Crippen LogP contribution in [0.25, 0.3) is 0 Å². The van der Waals surface area contributed by atoms with E-state index in [9.17, 15) is 0 Å². The van der Waals surface area contributed by atoms with Crippen molar-refractivity contribution in [3.63, 3.8) is 0 Å². The molecule has 1 atom stereocenters. The van der Waals surface area contributed by atoms with Crippen LogP contribution in [0.1, 0.15) is 50.1 Å². The number of methoxy groups -OCH3 is 1. The predicted molar refractivity (Wildman–Crippen MR) is 85.8 cm³/mol. The highest BCUT2D eigenvalue weighted by Gasteiger charge is 2.32. The van der Waals surface area contributed by atoms with Gasteiger partial charge in [0.2, 0.25) is 0 Å². The third kappa shape index (κ3) is 3.32. The molecule has 1 aromatic heterocycles. The van der Waals surface area contributed by atoms with E-state index in [1.165, 1.54) is 17.0 Å². The largest absolute Gasteiger partial charge is 0.377 e. The van der Waals surface area contributed by atoms with Gasteiger partial charge >= 0.3 is 0 Å². The van der Waals surface area contributed by atoms with Crippen molar-refractivity contribution < 1.29 is 4.74 Å². The van der Waals surface area contributed by atoms with E-state index in [4.69, 9.17) is 9.72 Å². The fraction of sp³-hybridized carbons (Fsp3) is 0.800. The zero-order chi connectivity index (χ0) is 14.8. The van der Waals surface area contributed by atoms with Crippen molar-refractivity contribution in [3.05, 3.63) is 10.6 Å². The van der Waals surface area contributed by atoms with E-state index in [-0.39, 0.29) is 5.60 Å². The van der Waals surface area contributed by atoms with Gasteiger partial charge in [0, 0.05) is 31.6 Å². The van der Waals surface area contributed by atoms with Gasteiger partial charge in [0.05, 0.1) is 11.3 Å². The minimum absolute atomic E-state index is 0.0366. The fourth-order valence-corrected chi connectivity index (χ4v) is 4.01. The summed E-state index contributed by atoms with van der Waals surface area (Å²) < 4.78 is 5.69. The number of anilines is 1. The Morgan fingerprint density at radius 1 is 1.50 bits per heavy atom. The first kappa shape index (κ1) is 15.7. The number of piperidine rings is 1. The van der Waals surface area contributed by atoms with Crippen LogP contribution in [0.2, 0.25) is 0 Å². The van der Waals surface area contributed by atoms with E-state index in [0.717, 1.165) is 31.2 Å². The van der Waals surface area contributed by atoms with Crippen LogP contribution in [-0.2, 0) is 11.3 Å². The topological polar surface area (TPSA) is 37.4 Å². The van der Waals surface area contributed by atoms with Crippen LogP contribution in [0, 0.1) is 0 Å². The minimum Gasteiger partial charge on any atom is -0.377 e. The number of nitrogens with one attached hydrogen (secondary N) is 1. The highest BCUT2D eigenvalue weighted by atomic mass is 32.1. The van der Waals surface area contributed by atoms with Crippen LogP contribution in [-0.4, -0.2) is 37.8 Å². The average molecular weight is 297 g/mol. The Hall–Kier alpha value is -0.650. The summed E-state index contributed by atoms with van der Waals surface area (Å²) in [5, 5.41) is 4.40. The number of thiazole rings is 1. The molecule has 1 aliphatic rings. The smallest absolute Gasteiger partial charge is 0.185 e. The third-order valence-corrected chi connectivity index (χ3v) is 5.15. The standard InChI is InChI=1S/C15H27N3OS/c1-11(2)13-12(9-16-4)20-14(17-13)18-8-6-7-15(3,10-18)19-5/h11,16H,6-10H2,1-5H3. The monoisotopic (exact) mass is 297 g/mol. The molecular weight excluding hydrogens is 270 g/mol. The molecule has 0 saturated carbocycles. The van der Waals surface area contributed by atoms with Crippen LogP contribution in [0.4, 0.5) is 5.13 Å². The number of hydrogen-bond donors (Lipinski definition) is 1. The molecule has 20 heavy (non-hydrogen) atoms. The maximum absolute atomic E-state index is 5.69. The lowest BCUT2D eigenvalue weighted by Crippen LogP contribution is -2.47. The average Bonchev–Trinajstić information content (AvgIpc) is 2.84. The summed E-state index contributed by atoms with van der Waals surface area (Å²) in [6.45, 7) is 9.56. The molecule has 1 N–H and O–H groups in total. The molecule has 1 aromatic rings. The second-order valence-corrected chi connectivity index (χ2v) is 7.23. The van der Waals surface area contributed by atoms with Crippen molar-refractivity contribution in [3.8, 4) is 0 Å². The van der Waals surface area contributed by atoms with Crippen molar-refractivity contribution in [2.45, 2.75) is 51.7 Å². The van der Waals surface area contributed by atoms with Gasteiger partial charge in [-0.05, 0) is 32.7 Å². The number of ether oxygens (including phenoxy) is 1. The van der Waals surface area contributed by atoms with Crippen molar-refractivity contribution in [1.29, 1.82) is 0 Å². The maximum atomic E-state index is 5.69. The van der Waals surface area contributed by atoms with Gasteiger partial charge in [-0.3, -0.25) is 0 Å². The molecular formula is C15H27N3OS. The number of aromatic nitrogens is 1. The first-order chi connectivity index (χ1) is 9.49. The van der Waals surface area contributed by atoms with Gasteiger partial charge in [-0.25, -0.2) is 4.98 Å². The quantitative estimate of drug-likeness (QED) is 0.906. The summed E-state index contributed by atoms with van der Waals surface area (Å²) in [5.41, 5.74) is 1.20. The summed E-state index contributed by atoms with van der Waals surface area (Å²) >= 11 is 1.83. The number of nitrogens with zero attached hydrogens (tertiary/aromatic N) is 2. The van der Waals surface area contributed by atoms with Crippen LogP contribution in [0.3, 0.4) is 0 Å². The molecule has 0 aromatic carbocycles. The van der Waals surface area contributed by atoms with Gasteiger partial charge in [0.1, 0.15) is 0 Å². The highest BCUT2D eigenvalue weighted by molar-refractivity contribution is 7.15. The third-order valence-electron chi connectivity index (χ3n) is 4.02. The Balaban J connectivity index is 2.22. The zero-order valence-corrected chi connectivity index (χ0v) is 14.1. The molecule has 0 amide bonds. The summed E-state index contributed by atoms with van der Waals surface area (Å²) in [6.07, 6.45) is 2.30. The fourth-order valence-electron chi connectivity index (χ4n) is 2.76. The van der Waals surface area contributed by atoms with Gasteiger partial charge in [-0.2, -0.15) is 0 Å². The molecule has 114 valence electrons. The van der Waals surface area contributed by atoms with Gasteiger partial charge in [-0.15, -0.1) is 11.3 Å². The maximum Gasteiger partial charge on any atom is 0.185 e. The van der Waals surface area contributed by atoms with Crippen molar-refractivity contribution in [2.24, 2.45) is 0 Å². The van der Waals surface area contributed by atoms with E-state index in [2.05, 4.69) is 31.0 Å². The molecule has 0 aliphatic carbocycles.